The van der Waals surface area contributed by atoms with Crippen molar-refractivity contribution in [1.82, 2.24) is 0 Å². The fourth-order valence-electron chi connectivity index (χ4n) is 7.32. The van der Waals surface area contributed by atoms with Crippen LogP contribution in [-0.2, 0) is 10.2 Å². The molecule has 0 aromatic heterocycles. The molecule has 2 N–H and O–H groups in total. The SMILES string of the molecule is COC(=O)c1cccc(Nc2cccc(C(=O)Nc3ccc(C45CC6CC(CC(C6)C4)C5)cc3)c2)c1. The molecule has 4 aliphatic rings. The molecule has 4 aliphatic carbocycles. The number of rotatable bonds is 6. The Morgan fingerprint density at radius 3 is 1.89 bits per heavy atom. The van der Waals surface area contributed by atoms with Crippen molar-refractivity contribution in [3.63, 3.8) is 0 Å². The Balaban J connectivity index is 1.13. The number of hydrogen-bond donors (Lipinski definition) is 2. The van der Waals surface area contributed by atoms with Gasteiger partial charge in [-0.3, -0.25) is 4.79 Å². The number of carbonyl (C=O) groups is 2. The van der Waals surface area contributed by atoms with E-state index in [0.29, 0.717) is 16.5 Å². The summed E-state index contributed by atoms with van der Waals surface area (Å²) < 4.78 is 4.80. The highest BCUT2D eigenvalue weighted by Crippen LogP contribution is 2.60. The average Bonchev–Trinajstić information content (AvgIpc) is 2.88. The van der Waals surface area contributed by atoms with Gasteiger partial charge in [0.05, 0.1) is 12.7 Å². The third-order valence-corrected chi connectivity index (χ3v) is 8.49. The summed E-state index contributed by atoms with van der Waals surface area (Å²) in [7, 11) is 1.36. The minimum atomic E-state index is -0.388. The van der Waals surface area contributed by atoms with Crippen molar-refractivity contribution < 1.29 is 14.3 Å². The normalized spacial score (nSPS) is 25.9. The molecular weight excluding hydrogens is 448 g/mol. The number of amides is 1. The van der Waals surface area contributed by atoms with Crippen LogP contribution in [0.5, 0.6) is 0 Å². The van der Waals surface area contributed by atoms with Crippen molar-refractivity contribution in [3.8, 4) is 0 Å². The molecule has 0 radical (unpaired) electrons. The van der Waals surface area contributed by atoms with Gasteiger partial charge in [-0.05, 0) is 116 Å². The highest BCUT2D eigenvalue weighted by atomic mass is 16.5. The molecule has 4 bridgehead atoms. The van der Waals surface area contributed by atoms with E-state index < -0.39 is 0 Å². The molecule has 184 valence electrons. The number of carbonyl (C=O) groups excluding carboxylic acids is 2. The molecule has 1 amide bonds. The summed E-state index contributed by atoms with van der Waals surface area (Å²) in [6, 6.07) is 23.0. The van der Waals surface area contributed by atoms with Crippen LogP contribution in [0.2, 0.25) is 0 Å². The molecule has 4 fully saturated rings. The molecule has 7 rings (SSSR count). The molecule has 0 spiro atoms. The first-order chi connectivity index (χ1) is 17.5. The van der Waals surface area contributed by atoms with Gasteiger partial charge in [0.2, 0.25) is 0 Å². The van der Waals surface area contributed by atoms with Gasteiger partial charge in [-0.2, -0.15) is 0 Å². The van der Waals surface area contributed by atoms with Crippen molar-refractivity contribution >= 4 is 28.9 Å². The maximum atomic E-state index is 13.0. The summed E-state index contributed by atoms with van der Waals surface area (Å²) in [6.45, 7) is 0. The molecule has 0 heterocycles. The quantitative estimate of drug-likeness (QED) is 0.375. The van der Waals surface area contributed by atoms with E-state index in [2.05, 4.69) is 34.9 Å². The Morgan fingerprint density at radius 1 is 0.750 bits per heavy atom. The van der Waals surface area contributed by atoms with Crippen LogP contribution in [0.3, 0.4) is 0 Å². The van der Waals surface area contributed by atoms with Crippen LogP contribution in [0.1, 0.15) is 64.8 Å². The molecule has 0 unspecified atom stereocenters. The van der Waals surface area contributed by atoms with Crippen LogP contribution in [0.15, 0.2) is 72.8 Å². The lowest BCUT2D eigenvalue weighted by atomic mass is 9.48. The lowest BCUT2D eigenvalue weighted by Crippen LogP contribution is -2.48. The van der Waals surface area contributed by atoms with Gasteiger partial charge in [-0.1, -0.05) is 24.3 Å². The largest absolute Gasteiger partial charge is 0.465 e. The zero-order chi connectivity index (χ0) is 24.7. The van der Waals surface area contributed by atoms with Crippen molar-refractivity contribution in [3.05, 3.63) is 89.5 Å². The predicted molar refractivity (Wildman–Crippen MR) is 142 cm³/mol. The highest BCUT2D eigenvalue weighted by molar-refractivity contribution is 6.05. The molecule has 5 heteroatoms. The maximum Gasteiger partial charge on any atom is 0.337 e. The monoisotopic (exact) mass is 480 g/mol. The molecule has 3 aromatic carbocycles. The van der Waals surface area contributed by atoms with Crippen molar-refractivity contribution in [1.29, 1.82) is 0 Å². The van der Waals surface area contributed by atoms with Gasteiger partial charge in [0.1, 0.15) is 0 Å². The summed E-state index contributed by atoms with van der Waals surface area (Å²) >= 11 is 0. The van der Waals surface area contributed by atoms with Gasteiger partial charge in [0.15, 0.2) is 0 Å². The van der Waals surface area contributed by atoms with E-state index in [0.717, 1.165) is 34.8 Å². The number of methoxy groups -OCH3 is 1. The van der Waals surface area contributed by atoms with E-state index in [-0.39, 0.29) is 11.9 Å². The molecule has 0 aliphatic heterocycles. The number of hydrogen-bond acceptors (Lipinski definition) is 4. The maximum absolute atomic E-state index is 13.0. The number of benzene rings is 3. The van der Waals surface area contributed by atoms with E-state index in [1.807, 2.05) is 24.3 Å². The third kappa shape index (κ3) is 4.39. The van der Waals surface area contributed by atoms with Crippen LogP contribution in [0, 0.1) is 17.8 Å². The second-order valence-electron chi connectivity index (χ2n) is 11.0. The lowest BCUT2D eigenvalue weighted by Gasteiger charge is -2.57. The third-order valence-electron chi connectivity index (χ3n) is 8.49. The number of esters is 1. The second kappa shape index (κ2) is 9.12. The van der Waals surface area contributed by atoms with Crippen LogP contribution < -0.4 is 10.6 Å². The minimum Gasteiger partial charge on any atom is -0.465 e. The summed E-state index contributed by atoms with van der Waals surface area (Å²) in [5.74, 6) is 2.21. The van der Waals surface area contributed by atoms with Crippen molar-refractivity contribution in [2.45, 2.75) is 43.9 Å². The topological polar surface area (TPSA) is 67.4 Å². The second-order valence-corrected chi connectivity index (χ2v) is 11.0. The summed E-state index contributed by atoms with van der Waals surface area (Å²) in [5.41, 5.74) is 5.18. The number of ether oxygens (including phenoxy) is 1. The standard InChI is InChI=1S/C31H32N2O3/c1-36-30(35)24-5-3-7-28(16-24)32-27-6-2-4-23(15-27)29(34)33-26-10-8-25(9-11-26)31-17-20-12-21(18-31)14-22(13-20)19-31/h2-11,15-16,20-22,32H,12-14,17-19H2,1H3,(H,33,34). The summed E-state index contributed by atoms with van der Waals surface area (Å²) in [6.07, 6.45) is 8.35. The fourth-order valence-corrected chi connectivity index (χ4v) is 7.32. The van der Waals surface area contributed by atoms with E-state index in [9.17, 15) is 9.59 Å². The predicted octanol–water partition coefficient (Wildman–Crippen LogP) is 6.94. The van der Waals surface area contributed by atoms with Gasteiger partial charge in [0.25, 0.3) is 5.91 Å². The Morgan fingerprint density at radius 2 is 1.31 bits per heavy atom. The first kappa shape index (κ1) is 22.8. The molecule has 3 aromatic rings. The first-order valence-electron chi connectivity index (χ1n) is 13.0. The first-order valence-corrected chi connectivity index (χ1v) is 13.0. The molecule has 0 atom stereocenters. The molecular formula is C31H32N2O3. The average molecular weight is 481 g/mol. The zero-order valence-corrected chi connectivity index (χ0v) is 20.6. The van der Waals surface area contributed by atoms with Gasteiger partial charge in [0, 0.05) is 22.6 Å². The van der Waals surface area contributed by atoms with E-state index in [1.54, 1.807) is 24.3 Å². The highest BCUT2D eigenvalue weighted by Gasteiger charge is 2.51. The smallest absolute Gasteiger partial charge is 0.337 e. The molecule has 4 saturated carbocycles. The number of anilines is 3. The van der Waals surface area contributed by atoms with Crippen LogP contribution >= 0.6 is 0 Å². The summed E-state index contributed by atoms with van der Waals surface area (Å²) in [5, 5.41) is 6.32. The molecule has 36 heavy (non-hydrogen) atoms. The van der Waals surface area contributed by atoms with Gasteiger partial charge in [-0.15, -0.1) is 0 Å². The van der Waals surface area contributed by atoms with Crippen molar-refractivity contribution in [2.75, 3.05) is 17.7 Å². The zero-order valence-electron chi connectivity index (χ0n) is 20.6. The minimum absolute atomic E-state index is 0.149. The van der Waals surface area contributed by atoms with Crippen molar-refractivity contribution in [2.24, 2.45) is 17.8 Å². The van der Waals surface area contributed by atoms with Gasteiger partial charge in [-0.25, -0.2) is 4.79 Å². The van der Waals surface area contributed by atoms with Crippen LogP contribution in [0.4, 0.5) is 17.1 Å². The van der Waals surface area contributed by atoms with Gasteiger partial charge >= 0.3 is 5.97 Å². The Bertz CT molecular complexity index is 1260. The van der Waals surface area contributed by atoms with E-state index in [1.165, 1.54) is 51.2 Å². The van der Waals surface area contributed by atoms with Crippen LogP contribution in [-0.4, -0.2) is 19.0 Å². The Labute approximate surface area is 212 Å². The Hall–Kier alpha value is -3.60. The lowest BCUT2D eigenvalue weighted by molar-refractivity contribution is -0.00518. The van der Waals surface area contributed by atoms with Crippen LogP contribution in [0.25, 0.3) is 0 Å². The molecule has 0 saturated heterocycles. The summed E-state index contributed by atoms with van der Waals surface area (Å²) in [4.78, 5) is 24.8. The van der Waals surface area contributed by atoms with E-state index >= 15 is 0 Å². The molecule has 5 nitrogen and oxygen atoms in total. The number of nitrogens with one attached hydrogen (secondary N) is 2. The van der Waals surface area contributed by atoms with E-state index in [4.69, 9.17) is 4.74 Å². The van der Waals surface area contributed by atoms with Gasteiger partial charge < -0.3 is 15.4 Å². The Kier molecular flexibility index (Phi) is 5.79. The fraction of sp³-hybridized carbons (Fsp3) is 0.355.